The molecule has 2 unspecified atom stereocenters. The Balaban J connectivity index is 1.39. The lowest BCUT2D eigenvalue weighted by atomic mass is 10.1. The zero-order chi connectivity index (χ0) is 20.3. The Hall–Kier alpha value is -3.37. The summed E-state index contributed by atoms with van der Waals surface area (Å²) in [6.45, 7) is 1.35. The number of ether oxygens (including phenoxy) is 2. The van der Waals surface area contributed by atoms with E-state index in [9.17, 15) is 0 Å². The van der Waals surface area contributed by atoms with Crippen molar-refractivity contribution in [2.75, 3.05) is 20.3 Å². The van der Waals surface area contributed by atoms with Crippen LogP contribution < -0.4 is 10.1 Å². The fraction of sp³-hybridized carbons (Fsp3) is 0.350. The Labute approximate surface area is 172 Å². The van der Waals surface area contributed by atoms with Gasteiger partial charge < -0.3 is 14.8 Å². The number of fused-ring (bicyclic) bond motifs is 1. The topological polar surface area (TPSA) is 116 Å². The van der Waals surface area contributed by atoms with Crippen molar-refractivity contribution in [3.63, 3.8) is 0 Å². The van der Waals surface area contributed by atoms with Crippen LogP contribution >= 0.6 is 0 Å². The number of nitrogens with zero attached hydrogens (tertiary/aromatic N) is 6. The fourth-order valence-electron chi connectivity index (χ4n) is 3.69. The zero-order valence-corrected chi connectivity index (χ0v) is 16.5. The Morgan fingerprint density at radius 2 is 2.23 bits per heavy atom. The van der Waals surface area contributed by atoms with Gasteiger partial charge in [0.2, 0.25) is 0 Å². The van der Waals surface area contributed by atoms with Crippen LogP contribution in [0.25, 0.3) is 27.8 Å². The predicted molar refractivity (Wildman–Crippen MR) is 109 cm³/mol. The molecule has 0 aliphatic carbocycles. The number of H-pyrrole nitrogens is 1. The fourth-order valence-corrected chi connectivity index (χ4v) is 3.69. The monoisotopic (exact) mass is 406 g/mol. The number of nitrogens with one attached hydrogen (secondary N) is 2. The van der Waals surface area contributed by atoms with Gasteiger partial charge >= 0.3 is 6.01 Å². The highest BCUT2D eigenvalue weighted by Gasteiger charge is 2.22. The van der Waals surface area contributed by atoms with E-state index in [1.807, 2.05) is 31.4 Å². The quantitative estimate of drug-likeness (QED) is 0.515. The first kappa shape index (κ1) is 18.6. The van der Waals surface area contributed by atoms with Crippen LogP contribution in [0.4, 0.5) is 0 Å². The van der Waals surface area contributed by atoms with Gasteiger partial charge in [-0.15, -0.1) is 5.10 Å². The molecule has 1 aromatic carbocycles. The third-order valence-corrected chi connectivity index (χ3v) is 5.29. The molecule has 0 spiro atoms. The highest BCUT2D eigenvalue weighted by Crippen LogP contribution is 2.29. The Kier molecular flexibility index (Phi) is 5.08. The molecule has 0 saturated carbocycles. The lowest BCUT2D eigenvalue weighted by molar-refractivity contribution is 0.118. The molecular formula is C20H22N8O2. The van der Waals surface area contributed by atoms with Gasteiger partial charge in [0.1, 0.15) is 11.8 Å². The highest BCUT2D eigenvalue weighted by molar-refractivity contribution is 5.97. The van der Waals surface area contributed by atoms with Crippen LogP contribution in [-0.2, 0) is 4.74 Å². The summed E-state index contributed by atoms with van der Waals surface area (Å²) in [7, 11) is 1.93. The van der Waals surface area contributed by atoms with Gasteiger partial charge in [-0.25, -0.2) is 9.67 Å². The first-order valence-electron chi connectivity index (χ1n) is 9.89. The molecular weight excluding hydrogens is 384 g/mol. The lowest BCUT2D eigenvalue weighted by Gasteiger charge is -2.18. The molecule has 2 N–H and O–H groups in total. The van der Waals surface area contributed by atoms with Crippen LogP contribution in [0.5, 0.6) is 6.01 Å². The summed E-state index contributed by atoms with van der Waals surface area (Å²) in [4.78, 5) is 4.39. The standard InChI is InChI=1S/C20H22N8O2/c1-21-13-9-14(5-8-29-12-13)30-20-22-11-17(25-27-20)15-3-4-18(28-7-2-6-24-28)19-16(15)10-23-26-19/h2-4,6-7,10-11,13-14,21H,5,8-9,12H2,1H3,(H,23,26). The van der Waals surface area contributed by atoms with Crippen LogP contribution in [0.2, 0.25) is 0 Å². The van der Waals surface area contributed by atoms with E-state index < -0.39 is 0 Å². The molecule has 1 aliphatic rings. The second kappa shape index (κ2) is 8.17. The van der Waals surface area contributed by atoms with Crippen LogP contribution in [0.1, 0.15) is 12.8 Å². The number of hydrogen-bond acceptors (Lipinski definition) is 8. The molecule has 1 aliphatic heterocycles. The molecule has 2 atom stereocenters. The molecule has 0 amide bonds. The summed E-state index contributed by atoms with van der Waals surface area (Å²) in [6.07, 6.45) is 8.71. The molecule has 3 aromatic heterocycles. The van der Waals surface area contributed by atoms with Crippen molar-refractivity contribution in [2.24, 2.45) is 0 Å². The van der Waals surface area contributed by atoms with E-state index in [4.69, 9.17) is 9.47 Å². The summed E-state index contributed by atoms with van der Waals surface area (Å²) in [5.74, 6) is 0. The van der Waals surface area contributed by atoms with Crippen LogP contribution in [0, 0.1) is 0 Å². The van der Waals surface area contributed by atoms with Gasteiger partial charge in [0.25, 0.3) is 0 Å². The normalized spacial score (nSPS) is 19.6. The molecule has 30 heavy (non-hydrogen) atoms. The minimum Gasteiger partial charge on any atom is -0.459 e. The maximum Gasteiger partial charge on any atom is 0.335 e. The summed E-state index contributed by atoms with van der Waals surface area (Å²) in [6, 6.07) is 6.35. The van der Waals surface area contributed by atoms with Crippen molar-refractivity contribution in [1.82, 2.24) is 40.5 Å². The van der Waals surface area contributed by atoms with Crippen molar-refractivity contribution in [2.45, 2.75) is 25.0 Å². The summed E-state index contributed by atoms with van der Waals surface area (Å²) in [5, 5.41) is 24.3. The number of aromatic amines is 1. The minimum absolute atomic E-state index is 0.00784. The van der Waals surface area contributed by atoms with Crippen molar-refractivity contribution in [3.8, 4) is 23.0 Å². The van der Waals surface area contributed by atoms with Gasteiger partial charge in [-0.1, -0.05) is 5.10 Å². The number of rotatable bonds is 5. The lowest BCUT2D eigenvalue weighted by Crippen LogP contribution is -2.33. The number of aromatic nitrogens is 7. The zero-order valence-electron chi connectivity index (χ0n) is 16.5. The first-order valence-corrected chi connectivity index (χ1v) is 9.89. The van der Waals surface area contributed by atoms with E-state index in [1.54, 1.807) is 23.3 Å². The molecule has 4 aromatic rings. The molecule has 1 saturated heterocycles. The Morgan fingerprint density at radius 1 is 1.27 bits per heavy atom. The van der Waals surface area contributed by atoms with Crippen LogP contribution in [0.15, 0.2) is 43.0 Å². The van der Waals surface area contributed by atoms with Crippen molar-refractivity contribution < 1.29 is 9.47 Å². The van der Waals surface area contributed by atoms with E-state index in [-0.39, 0.29) is 18.2 Å². The van der Waals surface area contributed by atoms with E-state index in [2.05, 4.69) is 35.8 Å². The summed E-state index contributed by atoms with van der Waals surface area (Å²) in [5.41, 5.74) is 3.32. The number of hydrogen-bond donors (Lipinski definition) is 2. The molecule has 4 heterocycles. The van der Waals surface area contributed by atoms with Crippen LogP contribution in [-0.4, -0.2) is 67.6 Å². The van der Waals surface area contributed by atoms with Crippen molar-refractivity contribution in [1.29, 1.82) is 0 Å². The van der Waals surface area contributed by atoms with Gasteiger partial charge in [0, 0.05) is 42.2 Å². The third kappa shape index (κ3) is 3.62. The summed E-state index contributed by atoms with van der Waals surface area (Å²) < 4.78 is 13.4. The molecule has 5 rings (SSSR count). The largest absolute Gasteiger partial charge is 0.459 e. The van der Waals surface area contributed by atoms with E-state index >= 15 is 0 Å². The predicted octanol–water partition coefficient (Wildman–Crippen LogP) is 1.75. The van der Waals surface area contributed by atoms with E-state index in [0.29, 0.717) is 18.9 Å². The van der Waals surface area contributed by atoms with Gasteiger partial charge in [0.15, 0.2) is 0 Å². The Morgan fingerprint density at radius 3 is 3.03 bits per heavy atom. The van der Waals surface area contributed by atoms with Gasteiger partial charge in [-0.3, -0.25) is 5.10 Å². The SMILES string of the molecule is CNC1COCCC(Oc2ncc(-c3ccc(-n4cccn4)c4[nH]ncc34)nn2)C1. The smallest absolute Gasteiger partial charge is 0.335 e. The average Bonchev–Trinajstić information content (AvgIpc) is 3.43. The van der Waals surface area contributed by atoms with Gasteiger partial charge in [-0.2, -0.15) is 10.2 Å². The molecule has 0 bridgehead atoms. The van der Waals surface area contributed by atoms with Gasteiger partial charge in [-0.05, 0) is 25.2 Å². The van der Waals surface area contributed by atoms with Crippen molar-refractivity contribution >= 4 is 10.9 Å². The maximum atomic E-state index is 5.96. The minimum atomic E-state index is -0.00784. The Bertz CT molecular complexity index is 1110. The van der Waals surface area contributed by atoms with E-state index in [1.165, 1.54) is 0 Å². The average molecular weight is 406 g/mol. The third-order valence-electron chi connectivity index (χ3n) is 5.29. The molecule has 0 radical (unpaired) electrons. The van der Waals surface area contributed by atoms with Gasteiger partial charge in [0.05, 0.1) is 36.8 Å². The number of likely N-dealkylation sites (N-methyl/N-ethyl adjacent to an activating group) is 1. The maximum absolute atomic E-state index is 5.96. The molecule has 154 valence electrons. The second-order valence-electron chi connectivity index (χ2n) is 7.19. The molecule has 10 heteroatoms. The van der Waals surface area contributed by atoms with Crippen molar-refractivity contribution in [3.05, 3.63) is 43.0 Å². The van der Waals surface area contributed by atoms with Crippen LogP contribution in [0.3, 0.4) is 0 Å². The first-order chi connectivity index (χ1) is 14.8. The molecule has 10 nitrogen and oxygen atoms in total. The summed E-state index contributed by atoms with van der Waals surface area (Å²) >= 11 is 0. The number of benzene rings is 1. The molecule has 1 fully saturated rings. The highest BCUT2D eigenvalue weighted by atomic mass is 16.5. The van der Waals surface area contributed by atoms with E-state index in [0.717, 1.165) is 35.0 Å². The second-order valence-corrected chi connectivity index (χ2v) is 7.19.